The van der Waals surface area contributed by atoms with Gasteiger partial charge in [-0.15, -0.1) is 0 Å². The third-order valence-electron chi connectivity index (χ3n) is 2.92. The van der Waals surface area contributed by atoms with Gasteiger partial charge in [-0.2, -0.15) is 0 Å². The molecule has 0 bridgehead atoms. The zero-order chi connectivity index (χ0) is 7.84. The molecule has 0 aromatic carbocycles. The van der Waals surface area contributed by atoms with E-state index in [2.05, 4.69) is 11.8 Å². The Morgan fingerprint density at radius 3 is 2.73 bits per heavy atom. The van der Waals surface area contributed by atoms with Crippen molar-refractivity contribution >= 4 is 0 Å². The lowest BCUT2D eigenvalue weighted by Crippen LogP contribution is -2.31. The SMILES string of the molecule is CCC1C[C@@H](O)CN1C1CC1. The van der Waals surface area contributed by atoms with E-state index < -0.39 is 0 Å². The highest BCUT2D eigenvalue weighted by Crippen LogP contribution is 2.34. The monoisotopic (exact) mass is 155 g/mol. The zero-order valence-electron chi connectivity index (χ0n) is 7.16. The van der Waals surface area contributed by atoms with Crippen LogP contribution in [0.3, 0.4) is 0 Å². The molecule has 1 N–H and O–H groups in total. The fraction of sp³-hybridized carbons (Fsp3) is 1.00. The molecular formula is C9H17NO. The van der Waals surface area contributed by atoms with Crippen LogP contribution in [0.25, 0.3) is 0 Å². The fourth-order valence-corrected chi connectivity index (χ4v) is 2.17. The number of hydrogen-bond acceptors (Lipinski definition) is 2. The Morgan fingerprint density at radius 1 is 1.45 bits per heavy atom. The zero-order valence-corrected chi connectivity index (χ0v) is 7.16. The lowest BCUT2D eigenvalue weighted by molar-refractivity contribution is 0.172. The number of rotatable bonds is 2. The number of aliphatic hydroxyl groups is 1. The first-order chi connectivity index (χ1) is 5.31. The van der Waals surface area contributed by atoms with Crippen LogP contribution in [0.1, 0.15) is 32.6 Å². The van der Waals surface area contributed by atoms with Gasteiger partial charge in [0.1, 0.15) is 0 Å². The highest BCUT2D eigenvalue weighted by Gasteiger charge is 2.39. The summed E-state index contributed by atoms with van der Waals surface area (Å²) < 4.78 is 0. The van der Waals surface area contributed by atoms with Gasteiger partial charge in [0.05, 0.1) is 6.10 Å². The van der Waals surface area contributed by atoms with Crippen molar-refractivity contribution in [2.75, 3.05) is 6.54 Å². The summed E-state index contributed by atoms with van der Waals surface area (Å²) in [6, 6.07) is 1.51. The minimum atomic E-state index is -0.0412. The molecule has 0 radical (unpaired) electrons. The van der Waals surface area contributed by atoms with Gasteiger partial charge in [-0.05, 0) is 25.7 Å². The van der Waals surface area contributed by atoms with Gasteiger partial charge in [-0.3, -0.25) is 4.90 Å². The Kier molecular flexibility index (Phi) is 1.90. The molecule has 2 rings (SSSR count). The maximum atomic E-state index is 9.44. The Morgan fingerprint density at radius 2 is 2.18 bits per heavy atom. The summed E-state index contributed by atoms with van der Waals surface area (Å²) in [5, 5.41) is 9.44. The van der Waals surface area contributed by atoms with Crippen LogP contribution in [-0.2, 0) is 0 Å². The summed E-state index contributed by atoms with van der Waals surface area (Å²) >= 11 is 0. The summed E-state index contributed by atoms with van der Waals surface area (Å²) in [5.41, 5.74) is 0. The van der Waals surface area contributed by atoms with E-state index in [0.717, 1.165) is 19.0 Å². The van der Waals surface area contributed by atoms with Crippen molar-refractivity contribution in [3.8, 4) is 0 Å². The van der Waals surface area contributed by atoms with Crippen LogP contribution < -0.4 is 0 Å². The summed E-state index contributed by atoms with van der Waals surface area (Å²) in [4.78, 5) is 2.50. The summed E-state index contributed by atoms with van der Waals surface area (Å²) in [6.07, 6.45) is 4.90. The maximum Gasteiger partial charge on any atom is 0.0682 e. The summed E-state index contributed by atoms with van der Waals surface area (Å²) in [7, 11) is 0. The molecule has 1 saturated heterocycles. The van der Waals surface area contributed by atoms with Crippen molar-refractivity contribution in [1.29, 1.82) is 0 Å². The van der Waals surface area contributed by atoms with Crippen molar-refractivity contribution < 1.29 is 5.11 Å². The molecular weight excluding hydrogens is 138 g/mol. The maximum absolute atomic E-state index is 9.44. The van der Waals surface area contributed by atoms with E-state index in [4.69, 9.17) is 0 Å². The molecule has 1 heterocycles. The molecule has 0 amide bonds. The van der Waals surface area contributed by atoms with E-state index >= 15 is 0 Å². The first-order valence-corrected chi connectivity index (χ1v) is 4.75. The van der Waals surface area contributed by atoms with E-state index in [0.29, 0.717) is 6.04 Å². The molecule has 2 nitrogen and oxygen atoms in total. The molecule has 2 aliphatic rings. The first-order valence-electron chi connectivity index (χ1n) is 4.75. The van der Waals surface area contributed by atoms with Crippen LogP contribution in [0.4, 0.5) is 0 Å². The summed E-state index contributed by atoms with van der Waals surface area (Å²) in [5.74, 6) is 0. The van der Waals surface area contributed by atoms with Crippen LogP contribution in [0, 0.1) is 0 Å². The van der Waals surface area contributed by atoms with E-state index in [1.54, 1.807) is 0 Å². The molecule has 0 spiro atoms. The molecule has 0 aromatic rings. The second kappa shape index (κ2) is 2.76. The molecule has 0 aromatic heterocycles. The molecule has 11 heavy (non-hydrogen) atoms. The van der Waals surface area contributed by atoms with Gasteiger partial charge in [0, 0.05) is 18.6 Å². The third kappa shape index (κ3) is 1.42. The van der Waals surface area contributed by atoms with E-state index in [1.165, 1.54) is 19.3 Å². The molecule has 2 atom stereocenters. The van der Waals surface area contributed by atoms with Gasteiger partial charge in [0.15, 0.2) is 0 Å². The average Bonchev–Trinajstić information content (AvgIpc) is 2.75. The number of β-amino-alcohol motifs (C(OH)–C–C–N with tert-alkyl or cyclic N) is 1. The predicted octanol–water partition coefficient (Wildman–Crippen LogP) is 0.994. The van der Waals surface area contributed by atoms with Gasteiger partial charge in [0.25, 0.3) is 0 Å². The van der Waals surface area contributed by atoms with Gasteiger partial charge in [0.2, 0.25) is 0 Å². The van der Waals surface area contributed by atoms with E-state index in [9.17, 15) is 5.11 Å². The van der Waals surface area contributed by atoms with Crippen molar-refractivity contribution in [3.05, 3.63) is 0 Å². The molecule has 1 aliphatic carbocycles. The van der Waals surface area contributed by atoms with Crippen molar-refractivity contribution in [3.63, 3.8) is 0 Å². The Balaban J connectivity index is 1.95. The minimum absolute atomic E-state index is 0.0412. The van der Waals surface area contributed by atoms with Gasteiger partial charge in [-0.25, -0.2) is 0 Å². The second-order valence-electron chi connectivity index (χ2n) is 3.88. The number of nitrogens with zero attached hydrogens (tertiary/aromatic N) is 1. The van der Waals surface area contributed by atoms with Crippen molar-refractivity contribution in [1.82, 2.24) is 4.90 Å². The Bertz CT molecular complexity index is 144. The molecule has 2 fully saturated rings. The Labute approximate surface area is 68.2 Å². The lowest BCUT2D eigenvalue weighted by atomic mass is 10.1. The smallest absolute Gasteiger partial charge is 0.0682 e. The van der Waals surface area contributed by atoms with Gasteiger partial charge >= 0.3 is 0 Å². The molecule has 2 heteroatoms. The average molecular weight is 155 g/mol. The number of likely N-dealkylation sites (tertiary alicyclic amines) is 1. The van der Waals surface area contributed by atoms with Gasteiger partial charge in [-0.1, -0.05) is 6.92 Å². The first kappa shape index (κ1) is 7.56. The van der Waals surface area contributed by atoms with Crippen LogP contribution in [0.5, 0.6) is 0 Å². The minimum Gasteiger partial charge on any atom is -0.392 e. The topological polar surface area (TPSA) is 23.5 Å². The summed E-state index contributed by atoms with van der Waals surface area (Å²) in [6.45, 7) is 3.15. The van der Waals surface area contributed by atoms with Crippen molar-refractivity contribution in [2.24, 2.45) is 0 Å². The van der Waals surface area contributed by atoms with Crippen molar-refractivity contribution in [2.45, 2.75) is 50.8 Å². The second-order valence-corrected chi connectivity index (χ2v) is 3.88. The Hall–Kier alpha value is -0.0800. The van der Waals surface area contributed by atoms with E-state index in [-0.39, 0.29) is 6.10 Å². The number of hydrogen-bond donors (Lipinski definition) is 1. The molecule has 64 valence electrons. The standard InChI is InChI=1S/C9H17NO/c1-2-7-5-9(11)6-10(7)8-3-4-8/h7-9,11H,2-6H2,1H3/t7?,9-/m1/s1. The third-order valence-corrected chi connectivity index (χ3v) is 2.92. The van der Waals surface area contributed by atoms with Gasteiger partial charge < -0.3 is 5.11 Å². The predicted molar refractivity (Wildman–Crippen MR) is 44.4 cm³/mol. The molecule has 1 unspecified atom stereocenters. The van der Waals surface area contributed by atoms with E-state index in [1.807, 2.05) is 0 Å². The van der Waals surface area contributed by atoms with Crippen LogP contribution >= 0.6 is 0 Å². The quantitative estimate of drug-likeness (QED) is 0.643. The van der Waals surface area contributed by atoms with Crippen LogP contribution in [0.2, 0.25) is 0 Å². The lowest BCUT2D eigenvalue weighted by Gasteiger charge is -2.21. The normalized spacial score (nSPS) is 39.8. The molecule has 1 aliphatic heterocycles. The van der Waals surface area contributed by atoms with Crippen LogP contribution in [0.15, 0.2) is 0 Å². The fourth-order valence-electron chi connectivity index (χ4n) is 2.17. The largest absolute Gasteiger partial charge is 0.392 e. The van der Waals surface area contributed by atoms with Crippen LogP contribution in [-0.4, -0.2) is 34.7 Å². The molecule has 1 saturated carbocycles. The highest BCUT2D eigenvalue weighted by atomic mass is 16.3. The number of aliphatic hydroxyl groups excluding tert-OH is 1. The highest BCUT2D eigenvalue weighted by molar-refractivity contribution is 4.94.